The number of halogens is 1. The summed E-state index contributed by atoms with van der Waals surface area (Å²) in [5.74, 6) is 3.11. The van der Waals surface area contributed by atoms with E-state index in [0.717, 1.165) is 55.6 Å². The Morgan fingerprint density at radius 2 is 1.97 bits per heavy atom. The van der Waals surface area contributed by atoms with Gasteiger partial charge in [0, 0.05) is 50.5 Å². The number of nitrogens with zero attached hydrogens (tertiary/aromatic N) is 3. The van der Waals surface area contributed by atoms with Crippen molar-refractivity contribution in [2.45, 2.75) is 52.6 Å². The molecule has 29 heavy (non-hydrogen) atoms. The molecule has 1 aliphatic heterocycles. The van der Waals surface area contributed by atoms with Crippen molar-refractivity contribution < 1.29 is 9.26 Å². The summed E-state index contributed by atoms with van der Waals surface area (Å²) >= 11 is 0. The van der Waals surface area contributed by atoms with Crippen molar-refractivity contribution >= 4 is 29.9 Å². The van der Waals surface area contributed by atoms with Crippen molar-refractivity contribution in [2.24, 2.45) is 4.99 Å². The maximum atomic E-state index is 6.11. The molecule has 0 spiro atoms. The molecule has 1 atom stereocenters. The van der Waals surface area contributed by atoms with Gasteiger partial charge in [0.25, 0.3) is 0 Å². The monoisotopic (exact) mass is 512 g/mol. The van der Waals surface area contributed by atoms with Crippen molar-refractivity contribution in [1.29, 1.82) is 0 Å². The summed E-state index contributed by atoms with van der Waals surface area (Å²) in [6, 6.07) is 10.1. The normalized spacial score (nSPS) is 16.3. The number of ether oxygens (including phenoxy) is 1. The Labute approximate surface area is 191 Å². The smallest absolute Gasteiger partial charge is 0.193 e. The molecule has 1 unspecified atom stereocenters. The molecule has 0 aliphatic carbocycles. The summed E-state index contributed by atoms with van der Waals surface area (Å²) < 4.78 is 11.4. The predicted octanol–water partition coefficient (Wildman–Crippen LogP) is 4.52. The summed E-state index contributed by atoms with van der Waals surface area (Å²) in [6.45, 7) is 11.7. The van der Waals surface area contributed by atoms with E-state index in [1.54, 1.807) is 0 Å². The predicted molar refractivity (Wildman–Crippen MR) is 127 cm³/mol. The Hall–Kier alpha value is -1.77. The van der Waals surface area contributed by atoms with Crippen LogP contribution >= 0.6 is 24.0 Å². The molecule has 0 amide bonds. The zero-order chi connectivity index (χ0) is 19.9. The van der Waals surface area contributed by atoms with Crippen LogP contribution < -0.4 is 10.1 Å². The number of rotatable bonds is 6. The molecule has 1 saturated heterocycles. The Kier molecular flexibility index (Phi) is 9.26. The fourth-order valence-electron chi connectivity index (χ4n) is 3.81. The minimum atomic E-state index is 0. The number of para-hydroxylation sites is 1. The highest BCUT2D eigenvalue weighted by Crippen LogP contribution is 2.23. The zero-order valence-corrected chi connectivity index (χ0v) is 20.2. The van der Waals surface area contributed by atoms with Crippen LogP contribution in [0.3, 0.4) is 0 Å². The number of guanidine groups is 1. The molecule has 1 aromatic carbocycles. The summed E-state index contributed by atoms with van der Waals surface area (Å²) in [5.41, 5.74) is 2.14. The first-order valence-electron chi connectivity index (χ1n) is 10.3. The number of likely N-dealkylation sites (tertiary alicyclic amines) is 1. The lowest BCUT2D eigenvalue weighted by Crippen LogP contribution is -2.47. The highest BCUT2D eigenvalue weighted by molar-refractivity contribution is 14.0. The van der Waals surface area contributed by atoms with Crippen molar-refractivity contribution in [3.8, 4) is 5.75 Å². The lowest BCUT2D eigenvalue weighted by molar-refractivity contribution is 0.129. The average Bonchev–Trinajstić information content (AvgIpc) is 3.05. The van der Waals surface area contributed by atoms with E-state index in [0.29, 0.717) is 6.54 Å². The molecule has 6 nitrogen and oxygen atoms in total. The van der Waals surface area contributed by atoms with Crippen LogP contribution in [0.4, 0.5) is 0 Å². The Morgan fingerprint density at radius 1 is 1.28 bits per heavy atom. The number of aromatic nitrogens is 1. The first-order valence-corrected chi connectivity index (χ1v) is 10.3. The second-order valence-electron chi connectivity index (χ2n) is 7.45. The van der Waals surface area contributed by atoms with Gasteiger partial charge in [0.1, 0.15) is 17.6 Å². The maximum absolute atomic E-state index is 6.11. The van der Waals surface area contributed by atoms with E-state index < -0.39 is 0 Å². The van der Waals surface area contributed by atoms with E-state index in [1.807, 2.05) is 44.2 Å². The molecule has 1 fully saturated rings. The van der Waals surface area contributed by atoms with E-state index in [-0.39, 0.29) is 36.0 Å². The highest BCUT2D eigenvalue weighted by Gasteiger charge is 2.23. The fraction of sp³-hybridized carbons (Fsp3) is 0.545. The second-order valence-corrected chi connectivity index (χ2v) is 7.45. The number of hydrogen-bond donors (Lipinski definition) is 1. The molecule has 0 bridgehead atoms. The summed E-state index contributed by atoms with van der Waals surface area (Å²) in [7, 11) is 0. The Morgan fingerprint density at radius 3 is 2.55 bits per heavy atom. The van der Waals surface area contributed by atoms with Crippen molar-refractivity contribution in [3.05, 3.63) is 47.3 Å². The first-order chi connectivity index (χ1) is 13.6. The summed E-state index contributed by atoms with van der Waals surface area (Å²) in [5, 5.41) is 7.51. The van der Waals surface area contributed by atoms with Gasteiger partial charge in [0.2, 0.25) is 0 Å². The number of benzene rings is 1. The first kappa shape index (κ1) is 23.5. The van der Waals surface area contributed by atoms with E-state index in [9.17, 15) is 0 Å². The van der Waals surface area contributed by atoms with E-state index in [2.05, 4.69) is 29.2 Å². The quantitative estimate of drug-likeness (QED) is 0.351. The molecule has 0 saturated carbocycles. The lowest BCUT2D eigenvalue weighted by Gasteiger charge is -2.34. The number of piperidine rings is 1. The number of hydrogen-bond acceptors (Lipinski definition) is 4. The minimum absolute atomic E-state index is 0. The number of nitrogens with one attached hydrogen (secondary N) is 1. The number of aryl methyl sites for hydroxylation is 2. The summed E-state index contributed by atoms with van der Waals surface area (Å²) in [4.78, 5) is 7.25. The number of aliphatic imine (C=N–C) groups is 1. The van der Waals surface area contributed by atoms with Crippen LogP contribution in [0.2, 0.25) is 0 Å². The third-order valence-corrected chi connectivity index (χ3v) is 5.22. The van der Waals surface area contributed by atoms with Crippen molar-refractivity contribution in [3.63, 3.8) is 0 Å². The van der Waals surface area contributed by atoms with Gasteiger partial charge in [-0.05, 0) is 32.9 Å². The zero-order valence-electron chi connectivity index (χ0n) is 17.9. The van der Waals surface area contributed by atoms with Gasteiger partial charge in [-0.3, -0.25) is 4.99 Å². The SMILES string of the molecule is CCNC(=NCC(C)c1c(C)noc1C)N1CCC(Oc2ccccc2)CC1.I. The van der Waals surface area contributed by atoms with E-state index in [1.165, 1.54) is 5.56 Å². The molecule has 1 aromatic heterocycles. The van der Waals surface area contributed by atoms with Crippen LogP contribution in [0.5, 0.6) is 5.75 Å². The maximum Gasteiger partial charge on any atom is 0.193 e. The van der Waals surface area contributed by atoms with Gasteiger partial charge in [0.15, 0.2) is 5.96 Å². The lowest BCUT2D eigenvalue weighted by atomic mass is 10.00. The average molecular weight is 512 g/mol. The van der Waals surface area contributed by atoms with Crippen LogP contribution in [0.1, 0.15) is 49.6 Å². The largest absolute Gasteiger partial charge is 0.490 e. The van der Waals surface area contributed by atoms with Crippen LogP contribution in [0, 0.1) is 13.8 Å². The highest BCUT2D eigenvalue weighted by atomic mass is 127. The van der Waals surface area contributed by atoms with Gasteiger partial charge in [-0.15, -0.1) is 24.0 Å². The topological polar surface area (TPSA) is 62.9 Å². The molecule has 160 valence electrons. The van der Waals surface area contributed by atoms with Crippen LogP contribution in [0.15, 0.2) is 39.8 Å². The van der Waals surface area contributed by atoms with Gasteiger partial charge < -0.3 is 19.5 Å². The molecular formula is C22H33IN4O2. The minimum Gasteiger partial charge on any atom is -0.490 e. The molecule has 2 aromatic rings. The van der Waals surface area contributed by atoms with Crippen LogP contribution in [-0.4, -0.2) is 48.3 Å². The van der Waals surface area contributed by atoms with Crippen LogP contribution in [-0.2, 0) is 0 Å². The molecule has 1 N–H and O–H groups in total. The molecule has 3 rings (SSSR count). The van der Waals surface area contributed by atoms with Crippen molar-refractivity contribution in [2.75, 3.05) is 26.2 Å². The van der Waals surface area contributed by atoms with Gasteiger partial charge in [0.05, 0.1) is 5.69 Å². The summed E-state index contributed by atoms with van der Waals surface area (Å²) in [6.07, 6.45) is 2.26. The van der Waals surface area contributed by atoms with E-state index >= 15 is 0 Å². The van der Waals surface area contributed by atoms with Crippen LogP contribution in [0.25, 0.3) is 0 Å². The second kappa shape index (κ2) is 11.4. The van der Waals surface area contributed by atoms with E-state index in [4.69, 9.17) is 14.3 Å². The Bertz CT molecular complexity index is 751. The van der Waals surface area contributed by atoms with Gasteiger partial charge >= 0.3 is 0 Å². The molecule has 7 heteroatoms. The standard InChI is InChI=1S/C22H32N4O2.HI/c1-5-23-22(24-15-16(2)21-17(3)25-28-18(21)4)26-13-11-20(12-14-26)27-19-9-7-6-8-10-19;/h6-10,16,20H,5,11-15H2,1-4H3,(H,23,24);1H. The molecule has 0 radical (unpaired) electrons. The molecule has 2 heterocycles. The Balaban J connectivity index is 0.00000300. The molecular weight excluding hydrogens is 479 g/mol. The van der Waals surface area contributed by atoms with Gasteiger partial charge in [-0.1, -0.05) is 30.3 Å². The van der Waals surface area contributed by atoms with Crippen molar-refractivity contribution in [1.82, 2.24) is 15.4 Å². The van der Waals surface area contributed by atoms with Gasteiger partial charge in [-0.2, -0.15) is 0 Å². The molecule has 1 aliphatic rings. The van der Waals surface area contributed by atoms with Gasteiger partial charge in [-0.25, -0.2) is 0 Å². The third-order valence-electron chi connectivity index (χ3n) is 5.22. The third kappa shape index (κ3) is 6.35. The fourth-order valence-corrected chi connectivity index (χ4v) is 3.81.